The van der Waals surface area contributed by atoms with E-state index < -0.39 is 11.7 Å². The molecule has 3 nitrogen and oxygen atoms in total. The Balaban J connectivity index is 3.78. The van der Waals surface area contributed by atoms with Gasteiger partial charge in [-0.2, -0.15) is 0 Å². The molecule has 0 saturated heterocycles. The van der Waals surface area contributed by atoms with Crippen LogP contribution in [0.5, 0.6) is 0 Å². The first-order valence-corrected chi connectivity index (χ1v) is 2.86. The Morgan fingerprint density at radius 2 is 2.33 bits per heavy atom. The fourth-order valence-corrected chi connectivity index (χ4v) is 0.516. The zero-order valence-electron chi connectivity index (χ0n) is 5.33. The molecule has 0 saturated carbocycles. The third kappa shape index (κ3) is 2.37. The molecular formula is C6H10O3. The van der Waals surface area contributed by atoms with Gasteiger partial charge in [0.1, 0.15) is 0 Å². The van der Waals surface area contributed by atoms with E-state index >= 15 is 0 Å². The van der Waals surface area contributed by atoms with Crippen LogP contribution in [0.25, 0.3) is 0 Å². The minimum atomic E-state index is -0.514. The van der Waals surface area contributed by atoms with Crippen molar-refractivity contribution in [2.24, 2.45) is 5.92 Å². The van der Waals surface area contributed by atoms with Crippen LogP contribution in [-0.2, 0) is 9.59 Å². The van der Waals surface area contributed by atoms with Crippen molar-refractivity contribution in [2.75, 3.05) is 6.61 Å². The summed E-state index contributed by atoms with van der Waals surface area (Å²) in [6.45, 7) is 1.52. The number of ketones is 1. The van der Waals surface area contributed by atoms with Crippen LogP contribution in [0.4, 0.5) is 0 Å². The van der Waals surface area contributed by atoms with E-state index in [4.69, 9.17) is 5.11 Å². The Bertz CT molecular complexity index is 105. The summed E-state index contributed by atoms with van der Waals surface area (Å²) in [6, 6.07) is 0. The molecule has 0 spiro atoms. The van der Waals surface area contributed by atoms with Crippen LogP contribution in [0.2, 0.25) is 0 Å². The van der Waals surface area contributed by atoms with Crippen molar-refractivity contribution in [1.82, 2.24) is 0 Å². The Kier molecular flexibility index (Phi) is 3.88. The summed E-state index contributed by atoms with van der Waals surface area (Å²) in [5.41, 5.74) is 0. The molecule has 0 heterocycles. The minimum absolute atomic E-state index is 0.228. The lowest BCUT2D eigenvalue weighted by molar-refractivity contribution is -0.133. The van der Waals surface area contributed by atoms with Gasteiger partial charge in [-0.05, 0) is 6.42 Å². The number of aliphatic hydroxyl groups excluding tert-OH is 1. The highest BCUT2D eigenvalue weighted by molar-refractivity contribution is 6.25. The maximum Gasteiger partial charge on any atom is 0.200 e. The SMILES string of the molecule is CCC(CO)C(=O)C=O. The molecule has 0 aromatic rings. The molecule has 3 heteroatoms. The van der Waals surface area contributed by atoms with Gasteiger partial charge in [-0.25, -0.2) is 0 Å². The summed E-state index contributed by atoms with van der Waals surface area (Å²) in [5.74, 6) is -0.998. The molecule has 9 heavy (non-hydrogen) atoms. The summed E-state index contributed by atoms with van der Waals surface area (Å²) < 4.78 is 0. The fourth-order valence-electron chi connectivity index (χ4n) is 0.516. The van der Waals surface area contributed by atoms with Gasteiger partial charge in [0.05, 0.1) is 6.61 Å². The summed E-state index contributed by atoms with van der Waals surface area (Å²) in [7, 11) is 0. The average molecular weight is 130 g/mol. The number of hydrogen-bond acceptors (Lipinski definition) is 3. The molecule has 0 aromatic carbocycles. The smallest absolute Gasteiger partial charge is 0.200 e. The van der Waals surface area contributed by atoms with Crippen LogP contribution in [0.1, 0.15) is 13.3 Å². The Hall–Kier alpha value is -0.700. The molecule has 0 aliphatic carbocycles. The van der Waals surface area contributed by atoms with Crippen molar-refractivity contribution >= 4 is 12.1 Å². The van der Waals surface area contributed by atoms with Crippen LogP contribution in [0.15, 0.2) is 0 Å². The standard InChI is InChI=1S/C6H10O3/c1-2-5(3-7)6(9)4-8/h4-5,7H,2-3H2,1H3. The maximum atomic E-state index is 10.4. The summed E-state index contributed by atoms with van der Waals surface area (Å²) in [6.07, 6.45) is 0.776. The Labute approximate surface area is 53.7 Å². The molecule has 1 N–H and O–H groups in total. The summed E-state index contributed by atoms with van der Waals surface area (Å²) >= 11 is 0. The molecule has 0 amide bonds. The predicted molar refractivity (Wildman–Crippen MR) is 31.9 cm³/mol. The topological polar surface area (TPSA) is 54.4 Å². The minimum Gasteiger partial charge on any atom is -0.396 e. The molecule has 0 radical (unpaired) electrons. The molecule has 0 aliphatic heterocycles. The van der Waals surface area contributed by atoms with E-state index in [-0.39, 0.29) is 12.9 Å². The number of aliphatic hydroxyl groups is 1. The van der Waals surface area contributed by atoms with E-state index in [0.717, 1.165) is 0 Å². The first kappa shape index (κ1) is 8.30. The predicted octanol–water partition coefficient (Wildman–Crippen LogP) is -0.227. The number of carbonyl (C=O) groups excluding carboxylic acids is 2. The van der Waals surface area contributed by atoms with Gasteiger partial charge in [-0.3, -0.25) is 9.59 Å². The fraction of sp³-hybridized carbons (Fsp3) is 0.667. The average Bonchev–Trinajstić information content (AvgIpc) is 1.90. The van der Waals surface area contributed by atoms with E-state index in [2.05, 4.69) is 0 Å². The highest BCUT2D eigenvalue weighted by atomic mass is 16.3. The summed E-state index contributed by atoms with van der Waals surface area (Å²) in [4.78, 5) is 20.2. The van der Waals surface area contributed by atoms with Crippen LogP contribution < -0.4 is 0 Å². The van der Waals surface area contributed by atoms with Crippen molar-refractivity contribution in [3.05, 3.63) is 0 Å². The van der Waals surface area contributed by atoms with Crippen LogP contribution >= 0.6 is 0 Å². The van der Waals surface area contributed by atoms with Gasteiger partial charge in [-0.1, -0.05) is 6.92 Å². The lowest BCUT2D eigenvalue weighted by Gasteiger charge is -2.02. The molecule has 1 unspecified atom stereocenters. The lowest BCUT2D eigenvalue weighted by atomic mass is 10.0. The van der Waals surface area contributed by atoms with Gasteiger partial charge < -0.3 is 5.11 Å². The zero-order chi connectivity index (χ0) is 7.28. The Morgan fingerprint density at radius 3 is 2.44 bits per heavy atom. The van der Waals surface area contributed by atoms with Gasteiger partial charge in [0.2, 0.25) is 5.78 Å². The second-order valence-electron chi connectivity index (χ2n) is 1.81. The first-order valence-electron chi connectivity index (χ1n) is 2.86. The number of hydrogen-bond donors (Lipinski definition) is 1. The normalized spacial score (nSPS) is 12.7. The van der Waals surface area contributed by atoms with Crippen LogP contribution in [0.3, 0.4) is 0 Å². The molecule has 0 aromatic heterocycles. The second-order valence-corrected chi connectivity index (χ2v) is 1.81. The van der Waals surface area contributed by atoms with Crippen molar-refractivity contribution in [3.8, 4) is 0 Å². The molecule has 0 bridgehead atoms. The van der Waals surface area contributed by atoms with E-state index in [0.29, 0.717) is 6.42 Å². The monoisotopic (exact) mass is 130 g/mol. The van der Waals surface area contributed by atoms with Crippen molar-refractivity contribution in [3.63, 3.8) is 0 Å². The lowest BCUT2D eigenvalue weighted by Crippen LogP contribution is -2.18. The van der Waals surface area contributed by atoms with Crippen LogP contribution in [-0.4, -0.2) is 23.8 Å². The molecule has 0 aliphatic rings. The van der Waals surface area contributed by atoms with Crippen LogP contribution in [0, 0.1) is 5.92 Å². The van der Waals surface area contributed by atoms with Gasteiger partial charge >= 0.3 is 0 Å². The van der Waals surface area contributed by atoms with Gasteiger partial charge in [0.25, 0.3) is 0 Å². The third-order valence-electron chi connectivity index (χ3n) is 1.23. The van der Waals surface area contributed by atoms with E-state index in [1.807, 2.05) is 0 Å². The van der Waals surface area contributed by atoms with Crippen molar-refractivity contribution in [2.45, 2.75) is 13.3 Å². The van der Waals surface area contributed by atoms with Gasteiger partial charge in [0, 0.05) is 5.92 Å². The molecule has 0 fully saturated rings. The van der Waals surface area contributed by atoms with E-state index in [1.54, 1.807) is 6.92 Å². The number of aldehydes is 1. The first-order chi connectivity index (χ1) is 4.26. The quantitative estimate of drug-likeness (QED) is 0.422. The number of Topliss-reactive ketones (excluding diaryl/α,β-unsaturated/α-hetero) is 1. The van der Waals surface area contributed by atoms with E-state index in [9.17, 15) is 9.59 Å². The molecule has 1 atom stereocenters. The number of carbonyl (C=O) groups is 2. The van der Waals surface area contributed by atoms with Gasteiger partial charge in [-0.15, -0.1) is 0 Å². The highest BCUT2D eigenvalue weighted by Crippen LogP contribution is 1.99. The van der Waals surface area contributed by atoms with E-state index in [1.165, 1.54) is 0 Å². The molecule has 0 rings (SSSR count). The van der Waals surface area contributed by atoms with Crippen molar-refractivity contribution in [1.29, 1.82) is 0 Å². The largest absolute Gasteiger partial charge is 0.396 e. The Morgan fingerprint density at radius 1 is 1.78 bits per heavy atom. The highest BCUT2D eigenvalue weighted by Gasteiger charge is 2.12. The molecule has 52 valence electrons. The zero-order valence-corrected chi connectivity index (χ0v) is 5.33. The summed E-state index contributed by atoms with van der Waals surface area (Å²) in [5, 5.41) is 8.45. The number of rotatable bonds is 4. The maximum absolute atomic E-state index is 10.4. The third-order valence-corrected chi connectivity index (χ3v) is 1.23. The van der Waals surface area contributed by atoms with Gasteiger partial charge in [0.15, 0.2) is 6.29 Å². The second kappa shape index (κ2) is 4.21. The van der Waals surface area contributed by atoms with Crippen molar-refractivity contribution < 1.29 is 14.7 Å². The molecular weight excluding hydrogens is 120 g/mol.